The number of anilines is 1. The van der Waals surface area contributed by atoms with Crippen molar-refractivity contribution in [3.63, 3.8) is 0 Å². The average molecular weight is 473 g/mol. The molecule has 10 heteroatoms. The van der Waals surface area contributed by atoms with Crippen LogP contribution in [-0.4, -0.2) is 38.1 Å². The van der Waals surface area contributed by atoms with Crippen LogP contribution in [0.25, 0.3) is 0 Å². The van der Waals surface area contributed by atoms with Crippen molar-refractivity contribution in [1.82, 2.24) is 15.5 Å². The van der Waals surface area contributed by atoms with Gasteiger partial charge in [-0.3, -0.25) is 9.52 Å². The topological polar surface area (TPSA) is 123 Å². The molecule has 2 aromatic carbocycles. The summed E-state index contributed by atoms with van der Waals surface area (Å²) in [6, 6.07) is 11.3. The lowest BCUT2D eigenvalue weighted by atomic mass is 10.1. The molecule has 176 valence electrons. The predicted octanol–water partition coefficient (Wildman–Crippen LogP) is 3.67. The third kappa shape index (κ3) is 6.10. The summed E-state index contributed by atoms with van der Waals surface area (Å²) in [6.45, 7) is 6.02. The number of para-hydroxylation sites is 2. The highest BCUT2D eigenvalue weighted by Gasteiger charge is 2.21. The number of benzene rings is 2. The van der Waals surface area contributed by atoms with E-state index >= 15 is 0 Å². The van der Waals surface area contributed by atoms with Crippen molar-refractivity contribution in [2.75, 3.05) is 18.4 Å². The lowest BCUT2D eigenvalue weighted by Crippen LogP contribution is -2.25. The van der Waals surface area contributed by atoms with Crippen molar-refractivity contribution in [3.05, 3.63) is 65.3 Å². The molecule has 0 bridgehead atoms. The molecule has 0 radical (unpaired) electrons. The van der Waals surface area contributed by atoms with Crippen LogP contribution in [0.3, 0.4) is 0 Å². The first kappa shape index (κ1) is 24.2. The average Bonchev–Trinajstić information content (AvgIpc) is 3.26. The van der Waals surface area contributed by atoms with E-state index < -0.39 is 10.0 Å². The molecule has 3 aromatic rings. The Morgan fingerprint density at radius 1 is 1.18 bits per heavy atom. The van der Waals surface area contributed by atoms with Crippen molar-refractivity contribution < 1.29 is 22.5 Å². The molecule has 0 aliphatic carbocycles. The van der Waals surface area contributed by atoms with Gasteiger partial charge < -0.3 is 14.6 Å². The Morgan fingerprint density at radius 3 is 2.64 bits per heavy atom. The minimum atomic E-state index is -3.94. The number of sulfonamides is 1. The van der Waals surface area contributed by atoms with E-state index in [1.54, 1.807) is 43.3 Å². The van der Waals surface area contributed by atoms with Gasteiger partial charge in [-0.1, -0.05) is 37.2 Å². The van der Waals surface area contributed by atoms with Crippen molar-refractivity contribution in [3.8, 4) is 5.75 Å². The zero-order valence-corrected chi connectivity index (χ0v) is 19.9. The maximum Gasteiger partial charge on any atom is 0.262 e. The summed E-state index contributed by atoms with van der Waals surface area (Å²) in [4.78, 5) is 16.9. The molecular weight excluding hydrogens is 444 g/mol. The normalized spacial score (nSPS) is 11.4. The molecule has 0 fully saturated rings. The van der Waals surface area contributed by atoms with Gasteiger partial charge in [0, 0.05) is 24.4 Å². The van der Waals surface area contributed by atoms with E-state index in [2.05, 4.69) is 20.2 Å². The maximum atomic E-state index is 13.0. The van der Waals surface area contributed by atoms with E-state index in [0.717, 1.165) is 0 Å². The molecule has 1 heterocycles. The summed E-state index contributed by atoms with van der Waals surface area (Å²) in [6.07, 6.45) is 1.15. The van der Waals surface area contributed by atoms with Crippen molar-refractivity contribution >= 4 is 21.6 Å². The van der Waals surface area contributed by atoms with Crippen LogP contribution in [0.5, 0.6) is 5.75 Å². The zero-order valence-electron chi connectivity index (χ0n) is 19.1. The van der Waals surface area contributed by atoms with Crippen molar-refractivity contribution in [2.45, 2.75) is 44.4 Å². The number of aromatic nitrogens is 2. The SMILES string of the molecule is COc1ccccc1NS(=O)(=O)c1cc(C(=O)NCCCc2nc(C(C)C)no2)ccc1C. The molecule has 0 aliphatic rings. The van der Waals surface area contributed by atoms with E-state index in [9.17, 15) is 13.2 Å². The first-order chi connectivity index (χ1) is 15.7. The molecule has 1 aromatic heterocycles. The van der Waals surface area contributed by atoms with Gasteiger partial charge in [-0.05, 0) is 43.2 Å². The molecule has 0 aliphatic heterocycles. The van der Waals surface area contributed by atoms with Crippen molar-refractivity contribution in [2.24, 2.45) is 0 Å². The Balaban J connectivity index is 1.65. The van der Waals surface area contributed by atoms with E-state index in [4.69, 9.17) is 9.26 Å². The standard InChI is InChI=1S/C23H28N4O5S/c1-15(2)22-25-21(32-26-22)10-7-13-24-23(28)17-12-11-16(3)20(14-17)33(29,30)27-18-8-5-6-9-19(18)31-4/h5-6,8-9,11-12,14-15,27H,7,10,13H2,1-4H3,(H,24,28). The Bertz CT molecular complexity index is 1220. The predicted molar refractivity (Wildman–Crippen MR) is 124 cm³/mol. The van der Waals surface area contributed by atoms with E-state index in [1.165, 1.54) is 13.2 Å². The minimum absolute atomic E-state index is 0.0214. The smallest absolute Gasteiger partial charge is 0.262 e. The van der Waals surface area contributed by atoms with Gasteiger partial charge in [-0.2, -0.15) is 4.98 Å². The Labute approximate surface area is 193 Å². The number of ether oxygens (including phenoxy) is 1. The van der Waals surface area contributed by atoms with Gasteiger partial charge >= 0.3 is 0 Å². The molecule has 3 rings (SSSR count). The number of methoxy groups -OCH3 is 1. The van der Waals surface area contributed by atoms with Crippen LogP contribution in [0, 0.1) is 6.92 Å². The summed E-state index contributed by atoms with van der Waals surface area (Å²) in [7, 11) is -2.47. The Hall–Kier alpha value is -3.40. The number of carbonyl (C=O) groups is 1. The molecule has 2 N–H and O–H groups in total. The summed E-state index contributed by atoms with van der Waals surface area (Å²) in [5.74, 6) is 1.40. The van der Waals surface area contributed by atoms with E-state index in [-0.39, 0.29) is 22.3 Å². The van der Waals surface area contributed by atoms with Gasteiger partial charge in [0.2, 0.25) is 5.89 Å². The zero-order chi connectivity index (χ0) is 24.0. The van der Waals surface area contributed by atoms with Gasteiger partial charge in [-0.15, -0.1) is 0 Å². The van der Waals surface area contributed by atoms with Crippen LogP contribution in [-0.2, 0) is 16.4 Å². The van der Waals surface area contributed by atoms with Gasteiger partial charge in [0.15, 0.2) is 5.82 Å². The number of rotatable bonds is 10. The van der Waals surface area contributed by atoms with Crippen LogP contribution in [0.4, 0.5) is 5.69 Å². The molecule has 0 atom stereocenters. The van der Waals surface area contributed by atoms with Gasteiger partial charge in [-0.25, -0.2) is 8.42 Å². The van der Waals surface area contributed by atoms with E-state index in [1.807, 2.05) is 13.8 Å². The fourth-order valence-corrected chi connectivity index (χ4v) is 4.45. The van der Waals surface area contributed by atoms with Crippen molar-refractivity contribution in [1.29, 1.82) is 0 Å². The highest BCUT2D eigenvalue weighted by atomic mass is 32.2. The number of hydrogen-bond donors (Lipinski definition) is 2. The Morgan fingerprint density at radius 2 is 1.94 bits per heavy atom. The largest absolute Gasteiger partial charge is 0.495 e. The number of carbonyl (C=O) groups excluding carboxylic acids is 1. The second-order valence-corrected chi connectivity index (χ2v) is 9.50. The first-order valence-electron chi connectivity index (χ1n) is 10.6. The van der Waals surface area contributed by atoms with Gasteiger partial charge in [0.1, 0.15) is 5.75 Å². The quantitative estimate of drug-likeness (QED) is 0.432. The van der Waals surface area contributed by atoms with Crippen LogP contribution < -0.4 is 14.8 Å². The van der Waals surface area contributed by atoms with Crippen LogP contribution in [0.2, 0.25) is 0 Å². The number of hydrogen-bond acceptors (Lipinski definition) is 7. The molecule has 0 saturated carbocycles. The minimum Gasteiger partial charge on any atom is -0.495 e. The van der Waals surface area contributed by atoms with Crippen LogP contribution in [0.15, 0.2) is 51.9 Å². The monoisotopic (exact) mass is 472 g/mol. The number of aryl methyl sites for hydroxylation is 2. The summed E-state index contributed by atoms with van der Waals surface area (Å²) in [5, 5.41) is 6.72. The fourth-order valence-electron chi connectivity index (χ4n) is 3.11. The molecule has 0 saturated heterocycles. The molecule has 0 unspecified atom stereocenters. The molecular formula is C23H28N4O5S. The fraction of sp³-hybridized carbons (Fsp3) is 0.348. The molecule has 1 amide bonds. The summed E-state index contributed by atoms with van der Waals surface area (Å²) < 4.78 is 39.0. The van der Waals surface area contributed by atoms with E-state index in [0.29, 0.717) is 48.1 Å². The molecule has 33 heavy (non-hydrogen) atoms. The van der Waals surface area contributed by atoms with Gasteiger partial charge in [0.25, 0.3) is 15.9 Å². The first-order valence-corrected chi connectivity index (χ1v) is 12.1. The van der Waals surface area contributed by atoms with Crippen LogP contribution >= 0.6 is 0 Å². The molecule has 0 spiro atoms. The second-order valence-electron chi connectivity index (χ2n) is 7.85. The maximum absolute atomic E-state index is 13.0. The third-order valence-corrected chi connectivity index (χ3v) is 6.45. The highest BCUT2D eigenvalue weighted by molar-refractivity contribution is 7.92. The lowest BCUT2D eigenvalue weighted by molar-refractivity contribution is 0.0952. The highest BCUT2D eigenvalue weighted by Crippen LogP contribution is 2.27. The van der Waals surface area contributed by atoms with Crippen LogP contribution in [0.1, 0.15) is 53.8 Å². The number of nitrogens with one attached hydrogen (secondary N) is 2. The van der Waals surface area contributed by atoms with Gasteiger partial charge in [0.05, 0.1) is 17.7 Å². The third-order valence-electron chi connectivity index (χ3n) is 4.94. The summed E-state index contributed by atoms with van der Waals surface area (Å²) >= 11 is 0. The lowest BCUT2D eigenvalue weighted by Gasteiger charge is -2.14. The number of amides is 1. The second kappa shape index (κ2) is 10.5. The number of nitrogens with zero attached hydrogens (tertiary/aromatic N) is 2. The summed E-state index contributed by atoms with van der Waals surface area (Å²) in [5.41, 5.74) is 1.09. The molecule has 9 nitrogen and oxygen atoms in total. The Kier molecular flexibility index (Phi) is 7.70.